The van der Waals surface area contributed by atoms with Crippen LogP contribution in [0.1, 0.15) is 6.92 Å². The van der Waals surface area contributed by atoms with Crippen LogP contribution in [-0.2, 0) is 4.74 Å². The van der Waals surface area contributed by atoms with Crippen LogP contribution in [0.5, 0.6) is 0 Å². The monoisotopic (exact) mass is 289 g/mol. The summed E-state index contributed by atoms with van der Waals surface area (Å²) < 4.78 is 4.64. The molecular formula is C9H11N3O4S2. The number of carbonyl (C=O) groups is 1. The molecule has 9 heteroatoms. The number of rotatable bonds is 6. The van der Waals surface area contributed by atoms with Crippen LogP contribution in [0.2, 0.25) is 0 Å². The van der Waals surface area contributed by atoms with E-state index in [0.29, 0.717) is 5.03 Å². The van der Waals surface area contributed by atoms with Gasteiger partial charge in [0.15, 0.2) is 0 Å². The molecule has 0 saturated carbocycles. The van der Waals surface area contributed by atoms with Crippen LogP contribution in [-0.4, -0.2) is 27.9 Å². The quantitative estimate of drug-likeness (QED) is 0.485. The third-order valence-electron chi connectivity index (χ3n) is 1.69. The minimum atomic E-state index is -0.805. The number of nitrogens with two attached hydrogens (primary N) is 1. The van der Waals surface area contributed by atoms with Crippen molar-refractivity contribution in [1.82, 2.24) is 4.98 Å². The molecular weight excluding hydrogens is 278 g/mol. The number of nitrogens with zero attached hydrogens (tertiary/aromatic N) is 2. The first-order valence-electron chi connectivity index (χ1n) is 4.85. The Morgan fingerprint density at radius 2 is 2.39 bits per heavy atom. The molecule has 1 rings (SSSR count). The van der Waals surface area contributed by atoms with Crippen molar-refractivity contribution in [3.8, 4) is 0 Å². The van der Waals surface area contributed by atoms with Gasteiger partial charge in [-0.2, -0.15) is 0 Å². The Bertz CT molecular complexity index is 426. The van der Waals surface area contributed by atoms with Crippen molar-refractivity contribution in [2.75, 3.05) is 6.61 Å². The number of nitro groups is 1. The Kier molecular flexibility index (Phi) is 5.72. The SMILES string of the molecule is CC(COC(N)=O)SSc1ccc([N+](=O)[O-])cn1. The third-order valence-corrected chi connectivity index (χ3v) is 4.45. The lowest BCUT2D eigenvalue weighted by atomic mass is 10.4. The summed E-state index contributed by atoms with van der Waals surface area (Å²) >= 11 is 0. The van der Waals surface area contributed by atoms with Crippen molar-refractivity contribution in [3.63, 3.8) is 0 Å². The van der Waals surface area contributed by atoms with Gasteiger partial charge in [-0.3, -0.25) is 10.1 Å². The first kappa shape index (κ1) is 14.6. The van der Waals surface area contributed by atoms with Gasteiger partial charge < -0.3 is 10.5 Å². The van der Waals surface area contributed by atoms with Gasteiger partial charge in [0.05, 0.1) is 4.92 Å². The smallest absolute Gasteiger partial charge is 0.404 e. The largest absolute Gasteiger partial charge is 0.449 e. The molecule has 1 heterocycles. The fourth-order valence-corrected chi connectivity index (χ4v) is 2.75. The molecule has 18 heavy (non-hydrogen) atoms. The summed E-state index contributed by atoms with van der Waals surface area (Å²) in [4.78, 5) is 24.2. The lowest BCUT2D eigenvalue weighted by molar-refractivity contribution is -0.385. The maximum Gasteiger partial charge on any atom is 0.404 e. The lowest BCUT2D eigenvalue weighted by Gasteiger charge is -2.09. The highest BCUT2D eigenvalue weighted by atomic mass is 33.1. The van der Waals surface area contributed by atoms with E-state index >= 15 is 0 Å². The van der Waals surface area contributed by atoms with E-state index in [9.17, 15) is 14.9 Å². The zero-order chi connectivity index (χ0) is 13.5. The van der Waals surface area contributed by atoms with Gasteiger partial charge in [-0.05, 0) is 23.8 Å². The number of hydrogen-bond donors (Lipinski definition) is 1. The molecule has 98 valence electrons. The minimum Gasteiger partial charge on any atom is -0.449 e. The van der Waals surface area contributed by atoms with E-state index in [-0.39, 0.29) is 17.5 Å². The molecule has 1 atom stereocenters. The molecule has 0 radical (unpaired) electrons. The number of primary amides is 1. The number of hydrogen-bond acceptors (Lipinski definition) is 7. The van der Waals surface area contributed by atoms with E-state index in [1.165, 1.54) is 33.9 Å². The molecule has 2 N–H and O–H groups in total. The Labute approximate surface area is 111 Å². The van der Waals surface area contributed by atoms with Crippen molar-refractivity contribution in [2.45, 2.75) is 17.2 Å². The minimum absolute atomic E-state index is 0.0412. The molecule has 1 amide bonds. The van der Waals surface area contributed by atoms with Gasteiger partial charge >= 0.3 is 6.09 Å². The van der Waals surface area contributed by atoms with Gasteiger partial charge in [-0.1, -0.05) is 10.8 Å². The number of carbonyl (C=O) groups excluding carboxylic acids is 1. The number of ether oxygens (including phenoxy) is 1. The first-order chi connectivity index (χ1) is 8.49. The molecule has 1 aromatic rings. The van der Waals surface area contributed by atoms with Crippen LogP contribution in [0.4, 0.5) is 10.5 Å². The summed E-state index contributed by atoms with van der Waals surface area (Å²) in [5.41, 5.74) is 4.79. The maximum absolute atomic E-state index is 10.4. The highest BCUT2D eigenvalue weighted by Gasteiger charge is 2.09. The topological polar surface area (TPSA) is 108 Å². The molecule has 1 unspecified atom stereocenters. The summed E-state index contributed by atoms with van der Waals surface area (Å²) in [6.07, 6.45) is 0.397. The van der Waals surface area contributed by atoms with Crippen LogP contribution in [0, 0.1) is 10.1 Å². The van der Waals surface area contributed by atoms with E-state index in [1.807, 2.05) is 6.92 Å². The van der Waals surface area contributed by atoms with Crippen molar-refractivity contribution in [1.29, 1.82) is 0 Å². The maximum atomic E-state index is 10.4. The average Bonchev–Trinajstić information content (AvgIpc) is 2.34. The van der Waals surface area contributed by atoms with Crippen LogP contribution < -0.4 is 5.73 Å². The third kappa shape index (κ3) is 5.23. The molecule has 0 saturated heterocycles. The summed E-state index contributed by atoms with van der Waals surface area (Å²) in [6.45, 7) is 2.08. The fourth-order valence-electron chi connectivity index (χ4n) is 0.888. The average molecular weight is 289 g/mol. The Morgan fingerprint density at radius 3 is 2.89 bits per heavy atom. The summed E-state index contributed by atoms with van der Waals surface area (Å²) in [5, 5.41) is 11.1. The summed E-state index contributed by atoms with van der Waals surface area (Å²) in [6, 6.07) is 2.96. The van der Waals surface area contributed by atoms with Crippen LogP contribution in [0.15, 0.2) is 23.4 Å². The molecule has 0 aliphatic heterocycles. The van der Waals surface area contributed by atoms with Gasteiger partial charge in [-0.25, -0.2) is 9.78 Å². The van der Waals surface area contributed by atoms with Crippen LogP contribution in [0.3, 0.4) is 0 Å². The van der Waals surface area contributed by atoms with Crippen molar-refractivity contribution in [2.24, 2.45) is 5.73 Å². The van der Waals surface area contributed by atoms with E-state index in [4.69, 9.17) is 5.73 Å². The van der Waals surface area contributed by atoms with E-state index in [2.05, 4.69) is 9.72 Å². The molecule has 0 aliphatic carbocycles. The highest BCUT2D eigenvalue weighted by molar-refractivity contribution is 8.76. The van der Waals surface area contributed by atoms with E-state index < -0.39 is 11.0 Å². The second kappa shape index (κ2) is 7.07. The second-order valence-corrected chi connectivity index (χ2v) is 5.89. The summed E-state index contributed by atoms with van der Waals surface area (Å²) in [5.74, 6) is 0. The normalized spacial score (nSPS) is 11.8. The van der Waals surface area contributed by atoms with Gasteiger partial charge in [0.1, 0.15) is 17.8 Å². The molecule has 1 aromatic heterocycles. The second-order valence-electron chi connectivity index (χ2n) is 3.23. The highest BCUT2D eigenvalue weighted by Crippen LogP contribution is 2.33. The number of aromatic nitrogens is 1. The summed E-state index contributed by atoms with van der Waals surface area (Å²) in [7, 11) is 2.79. The first-order valence-corrected chi connectivity index (χ1v) is 7.06. The zero-order valence-corrected chi connectivity index (χ0v) is 11.1. The Morgan fingerprint density at radius 1 is 1.67 bits per heavy atom. The van der Waals surface area contributed by atoms with Crippen LogP contribution >= 0.6 is 21.6 Å². The molecule has 0 spiro atoms. The zero-order valence-electron chi connectivity index (χ0n) is 9.44. The van der Waals surface area contributed by atoms with Gasteiger partial charge in [0.2, 0.25) is 0 Å². The van der Waals surface area contributed by atoms with Crippen molar-refractivity contribution >= 4 is 33.4 Å². The van der Waals surface area contributed by atoms with Gasteiger partial charge in [0, 0.05) is 11.3 Å². The van der Waals surface area contributed by atoms with Crippen molar-refractivity contribution < 1.29 is 14.5 Å². The lowest BCUT2D eigenvalue weighted by Crippen LogP contribution is -2.18. The van der Waals surface area contributed by atoms with Gasteiger partial charge in [0.25, 0.3) is 5.69 Å². The number of pyridine rings is 1. The molecule has 7 nitrogen and oxygen atoms in total. The molecule has 0 bridgehead atoms. The molecule has 0 aromatic carbocycles. The van der Waals surface area contributed by atoms with E-state index in [1.54, 1.807) is 6.07 Å². The predicted octanol–water partition coefficient (Wildman–Crippen LogP) is 2.21. The Hall–Kier alpha value is -1.48. The Balaban J connectivity index is 2.39. The van der Waals surface area contributed by atoms with Crippen molar-refractivity contribution in [3.05, 3.63) is 28.4 Å². The predicted molar refractivity (Wildman–Crippen MR) is 69.3 cm³/mol. The molecule has 0 fully saturated rings. The number of amides is 1. The molecule has 0 aliphatic rings. The van der Waals surface area contributed by atoms with Gasteiger partial charge in [-0.15, -0.1) is 0 Å². The standard InChI is InChI=1S/C9H11N3O4S2/c1-6(5-16-9(10)13)17-18-8-3-2-7(4-11-8)12(14)15/h2-4,6H,5H2,1H3,(H2,10,13). The van der Waals surface area contributed by atoms with Crippen LogP contribution in [0.25, 0.3) is 0 Å². The fraction of sp³-hybridized carbons (Fsp3) is 0.333. The van der Waals surface area contributed by atoms with E-state index in [0.717, 1.165) is 0 Å².